The van der Waals surface area contributed by atoms with Gasteiger partial charge >= 0.3 is 0 Å². The number of thioether (sulfide) groups is 1. The van der Waals surface area contributed by atoms with Crippen LogP contribution in [0.1, 0.15) is 39.0 Å². The molecule has 78 valence electrons. The molecule has 0 radical (unpaired) electrons. The lowest BCUT2D eigenvalue weighted by Crippen LogP contribution is -2.07. The van der Waals surface area contributed by atoms with Crippen LogP contribution in [0.4, 0.5) is 0 Å². The highest BCUT2D eigenvalue weighted by atomic mass is 32.2. The lowest BCUT2D eigenvalue weighted by atomic mass is 10.2. The van der Waals surface area contributed by atoms with Crippen molar-refractivity contribution in [1.29, 1.82) is 0 Å². The summed E-state index contributed by atoms with van der Waals surface area (Å²) in [6, 6.07) is 0. The molecule has 0 aromatic heterocycles. The average molecular weight is 201 g/mol. The third kappa shape index (κ3) is 9.97. The Morgan fingerprint density at radius 2 is 2.15 bits per heavy atom. The van der Waals surface area contributed by atoms with Crippen molar-refractivity contribution in [3.63, 3.8) is 0 Å². The van der Waals surface area contributed by atoms with E-state index in [9.17, 15) is 0 Å². The minimum atomic E-state index is 0.740. The molecule has 0 fully saturated rings. The van der Waals surface area contributed by atoms with E-state index in [1.165, 1.54) is 31.4 Å². The monoisotopic (exact) mass is 201 g/mol. The summed E-state index contributed by atoms with van der Waals surface area (Å²) in [4.78, 5) is 0. The van der Waals surface area contributed by atoms with Gasteiger partial charge in [-0.3, -0.25) is 0 Å². The number of rotatable bonds is 9. The summed E-state index contributed by atoms with van der Waals surface area (Å²) in [7, 11) is 0. The van der Waals surface area contributed by atoms with Gasteiger partial charge in [-0.1, -0.05) is 19.4 Å². The zero-order chi connectivity index (χ0) is 9.94. The maximum atomic E-state index is 5.47. The Labute approximate surface area is 87.2 Å². The van der Waals surface area contributed by atoms with E-state index in [1.54, 1.807) is 0 Å². The fourth-order valence-corrected chi connectivity index (χ4v) is 2.25. The van der Waals surface area contributed by atoms with Crippen molar-refractivity contribution in [2.24, 2.45) is 5.73 Å². The molecule has 0 heterocycles. The van der Waals surface area contributed by atoms with Crippen LogP contribution in [0.5, 0.6) is 0 Å². The highest BCUT2D eigenvalue weighted by Crippen LogP contribution is 2.15. The minimum Gasteiger partial charge on any atom is -0.330 e. The predicted molar refractivity (Wildman–Crippen MR) is 64.3 cm³/mol. The first-order valence-corrected chi connectivity index (χ1v) is 6.28. The Morgan fingerprint density at radius 1 is 1.38 bits per heavy atom. The van der Waals surface area contributed by atoms with E-state index in [4.69, 9.17) is 5.73 Å². The Bertz CT molecular complexity index is 115. The van der Waals surface area contributed by atoms with E-state index in [-0.39, 0.29) is 0 Å². The molecule has 0 aromatic carbocycles. The first-order valence-electron chi connectivity index (χ1n) is 5.23. The summed E-state index contributed by atoms with van der Waals surface area (Å²) in [6.45, 7) is 6.80. The Hall–Kier alpha value is 0.0500. The first kappa shape index (κ1) is 13.1. The molecule has 0 bridgehead atoms. The number of unbranched alkanes of at least 4 members (excludes halogenated alkanes) is 3. The van der Waals surface area contributed by atoms with Crippen LogP contribution in [0.25, 0.3) is 0 Å². The van der Waals surface area contributed by atoms with Crippen LogP contribution in [0, 0.1) is 0 Å². The molecule has 0 aliphatic carbocycles. The Kier molecular flexibility index (Phi) is 10.2. The number of hydrogen-bond donors (Lipinski definition) is 1. The van der Waals surface area contributed by atoms with Crippen molar-refractivity contribution in [2.75, 3.05) is 12.3 Å². The predicted octanol–water partition coefficient (Wildman–Crippen LogP) is 3.20. The van der Waals surface area contributed by atoms with Gasteiger partial charge in [-0.2, -0.15) is 11.8 Å². The third-order valence-electron chi connectivity index (χ3n) is 2.03. The molecule has 0 amide bonds. The van der Waals surface area contributed by atoms with Crippen LogP contribution >= 0.6 is 11.8 Å². The molecule has 0 spiro atoms. The summed E-state index contributed by atoms with van der Waals surface area (Å²) in [6.07, 6.45) is 8.31. The van der Waals surface area contributed by atoms with Gasteiger partial charge in [0.25, 0.3) is 0 Å². The quantitative estimate of drug-likeness (QED) is 0.458. The minimum absolute atomic E-state index is 0.740. The van der Waals surface area contributed by atoms with Crippen molar-refractivity contribution >= 4 is 11.8 Å². The maximum absolute atomic E-state index is 5.47. The smallest absolute Gasteiger partial charge is 0.00307 e. The first-order chi connectivity index (χ1) is 6.31. The van der Waals surface area contributed by atoms with Gasteiger partial charge in [0.2, 0.25) is 0 Å². The van der Waals surface area contributed by atoms with Crippen LogP contribution in [0.2, 0.25) is 0 Å². The number of nitrogens with two attached hydrogens (primary N) is 1. The summed E-state index contributed by atoms with van der Waals surface area (Å²) < 4.78 is 0. The molecule has 0 aliphatic rings. The van der Waals surface area contributed by atoms with Gasteiger partial charge in [-0.15, -0.1) is 6.58 Å². The zero-order valence-electron chi connectivity index (χ0n) is 8.80. The molecule has 0 rings (SSSR count). The topological polar surface area (TPSA) is 26.0 Å². The van der Waals surface area contributed by atoms with Crippen molar-refractivity contribution in [3.05, 3.63) is 12.7 Å². The average Bonchev–Trinajstić information content (AvgIpc) is 2.11. The van der Waals surface area contributed by atoms with Gasteiger partial charge < -0.3 is 5.73 Å². The SMILES string of the molecule is C=CCCCCCSC(C)CCN. The van der Waals surface area contributed by atoms with E-state index in [1.807, 2.05) is 6.08 Å². The molecule has 1 unspecified atom stereocenters. The fraction of sp³-hybridized carbons (Fsp3) is 0.818. The summed E-state index contributed by atoms with van der Waals surface area (Å²) in [5.41, 5.74) is 5.47. The van der Waals surface area contributed by atoms with E-state index >= 15 is 0 Å². The van der Waals surface area contributed by atoms with Crippen LogP contribution in [-0.4, -0.2) is 17.5 Å². The van der Waals surface area contributed by atoms with Crippen LogP contribution in [0.15, 0.2) is 12.7 Å². The summed E-state index contributed by atoms with van der Waals surface area (Å²) in [5.74, 6) is 1.29. The van der Waals surface area contributed by atoms with Gasteiger partial charge in [0.15, 0.2) is 0 Å². The molecule has 0 saturated carbocycles. The molecule has 1 nitrogen and oxygen atoms in total. The summed E-state index contributed by atoms with van der Waals surface area (Å²) in [5, 5.41) is 0.740. The number of allylic oxidation sites excluding steroid dienone is 1. The third-order valence-corrected chi connectivity index (χ3v) is 3.36. The van der Waals surface area contributed by atoms with E-state index < -0.39 is 0 Å². The van der Waals surface area contributed by atoms with Gasteiger partial charge in [0.05, 0.1) is 0 Å². The second-order valence-electron chi connectivity index (χ2n) is 3.40. The second kappa shape index (κ2) is 10.1. The molecule has 13 heavy (non-hydrogen) atoms. The molecular weight excluding hydrogens is 178 g/mol. The molecule has 0 aromatic rings. The lowest BCUT2D eigenvalue weighted by Gasteiger charge is -2.08. The highest BCUT2D eigenvalue weighted by molar-refractivity contribution is 7.99. The van der Waals surface area contributed by atoms with Crippen molar-refractivity contribution in [1.82, 2.24) is 0 Å². The van der Waals surface area contributed by atoms with E-state index in [2.05, 4.69) is 25.3 Å². The molecule has 1 atom stereocenters. The van der Waals surface area contributed by atoms with E-state index in [0.717, 1.165) is 18.2 Å². The molecule has 0 saturated heterocycles. The maximum Gasteiger partial charge on any atom is 0.00307 e. The van der Waals surface area contributed by atoms with Gasteiger partial charge in [0, 0.05) is 5.25 Å². The molecule has 2 heteroatoms. The summed E-state index contributed by atoms with van der Waals surface area (Å²) >= 11 is 2.05. The number of hydrogen-bond acceptors (Lipinski definition) is 2. The van der Waals surface area contributed by atoms with Crippen molar-refractivity contribution in [2.45, 2.75) is 44.3 Å². The second-order valence-corrected chi connectivity index (χ2v) is 4.94. The van der Waals surface area contributed by atoms with Crippen LogP contribution in [-0.2, 0) is 0 Å². The van der Waals surface area contributed by atoms with Crippen LogP contribution < -0.4 is 5.73 Å². The van der Waals surface area contributed by atoms with E-state index in [0.29, 0.717) is 0 Å². The standard InChI is InChI=1S/C11H23NS/c1-3-4-5-6-7-10-13-11(2)8-9-12/h3,11H,1,4-10,12H2,2H3. The van der Waals surface area contributed by atoms with Gasteiger partial charge in [-0.05, 0) is 38.0 Å². The van der Waals surface area contributed by atoms with Crippen molar-refractivity contribution < 1.29 is 0 Å². The molecule has 2 N–H and O–H groups in total. The van der Waals surface area contributed by atoms with Gasteiger partial charge in [-0.25, -0.2) is 0 Å². The zero-order valence-corrected chi connectivity index (χ0v) is 9.61. The lowest BCUT2D eigenvalue weighted by molar-refractivity contribution is 0.732. The Morgan fingerprint density at radius 3 is 2.77 bits per heavy atom. The highest BCUT2D eigenvalue weighted by Gasteiger charge is 1.99. The Balaban J connectivity index is 3.01. The fourth-order valence-electron chi connectivity index (χ4n) is 1.17. The van der Waals surface area contributed by atoms with Crippen molar-refractivity contribution in [3.8, 4) is 0 Å². The molecular formula is C11H23NS. The normalized spacial score (nSPS) is 12.8. The molecule has 0 aliphatic heterocycles. The largest absolute Gasteiger partial charge is 0.330 e. The van der Waals surface area contributed by atoms with Gasteiger partial charge in [0.1, 0.15) is 0 Å². The van der Waals surface area contributed by atoms with Crippen LogP contribution in [0.3, 0.4) is 0 Å².